The first-order chi connectivity index (χ1) is 11.1. The van der Waals surface area contributed by atoms with Crippen LogP contribution in [0.1, 0.15) is 17.5 Å². The molecule has 3 rings (SSSR count). The van der Waals surface area contributed by atoms with Gasteiger partial charge in [0.1, 0.15) is 12.2 Å². The van der Waals surface area contributed by atoms with Crippen LogP contribution >= 0.6 is 11.6 Å². The van der Waals surface area contributed by atoms with Crippen LogP contribution in [-0.2, 0) is 16.9 Å². The molecule has 2 aromatic rings. The van der Waals surface area contributed by atoms with Crippen LogP contribution in [0, 0.1) is 0 Å². The number of β-amino-alcohol motifs (C(OH)–C–C–N with tert-alkyl or cyclic N) is 1. The van der Waals surface area contributed by atoms with Crippen LogP contribution in [0.5, 0.6) is 0 Å². The lowest BCUT2D eigenvalue weighted by Gasteiger charge is -2.23. The number of amides is 1. The van der Waals surface area contributed by atoms with E-state index in [0.717, 1.165) is 11.1 Å². The van der Waals surface area contributed by atoms with Gasteiger partial charge in [-0.1, -0.05) is 54.1 Å². The average molecular weight is 332 g/mol. The van der Waals surface area contributed by atoms with E-state index < -0.39 is 11.7 Å². The van der Waals surface area contributed by atoms with Crippen molar-refractivity contribution >= 4 is 17.7 Å². The maximum Gasteiger partial charge on any atom is 0.410 e. The van der Waals surface area contributed by atoms with Crippen molar-refractivity contribution in [1.82, 2.24) is 4.90 Å². The average Bonchev–Trinajstić information content (AvgIpc) is 2.98. The van der Waals surface area contributed by atoms with Gasteiger partial charge in [-0.05, 0) is 29.7 Å². The highest BCUT2D eigenvalue weighted by atomic mass is 35.5. The van der Waals surface area contributed by atoms with Crippen LogP contribution in [0.2, 0.25) is 5.02 Å². The number of hydrogen-bond donors (Lipinski definition) is 1. The van der Waals surface area contributed by atoms with Crippen LogP contribution in [-0.4, -0.2) is 29.2 Å². The summed E-state index contributed by atoms with van der Waals surface area (Å²) in [7, 11) is 0. The van der Waals surface area contributed by atoms with Crippen molar-refractivity contribution in [2.45, 2.75) is 18.6 Å². The third-order valence-corrected chi connectivity index (χ3v) is 4.34. The highest BCUT2D eigenvalue weighted by Gasteiger charge is 2.40. The van der Waals surface area contributed by atoms with Crippen molar-refractivity contribution in [2.24, 2.45) is 0 Å². The minimum Gasteiger partial charge on any atom is -0.445 e. The Hall–Kier alpha value is -2.04. The molecule has 1 saturated heterocycles. The lowest BCUT2D eigenvalue weighted by Crippen LogP contribution is -2.34. The van der Waals surface area contributed by atoms with Crippen LogP contribution in [0.4, 0.5) is 4.79 Å². The van der Waals surface area contributed by atoms with Crippen molar-refractivity contribution in [3.8, 4) is 0 Å². The molecule has 4 nitrogen and oxygen atoms in total. The number of rotatable bonds is 3. The molecule has 0 bridgehead atoms. The third kappa shape index (κ3) is 3.66. The zero-order chi connectivity index (χ0) is 16.3. The Morgan fingerprint density at radius 3 is 2.57 bits per heavy atom. The molecule has 0 saturated carbocycles. The van der Waals surface area contributed by atoms with E-state index in [-0.39, 0.29) is 13.2 Å². The Balaban J connectivity index is 1.60. The van der Waals surface area contributed by atoms with E-state index in [9.17, 15) is 9.90 Å². The number of nitrogens with zero attached hydrogens (tertiary/aromatic N) is 1. The zero-order valence-electron chi connectivity index (χ0n) is 12.6. The first-order valence-electron chi connectivity index (χ1n) is 7.51. The smallest absolute Gasteiger partial charge is 0.410 e. The molecule has 23 heavy (non-hydrogen) atoms. The maximum absolute atomic E-state index is 12.2. The fourth-order valence-corrected chi connectivity index (χ4v) is 2.88. The van der Waals surface area contributed by atoms with Gasteiger partial charge < -0.3 is 14.7 Å². The summed E-state index contributed by atoms with van der Waals surface area (Å²) < 4.78 is 5.32. The summed E-state index contributed by atoms with van der Waals surface area (Å²) in [6, 6.07) is 16.6. The number of halogens is 1. The van der Waals surface area contributed by atoms with Gasteiger partial charge in [0.2, 0.25) is 0 Å². The van der Waals surface area contributed by atoms with Gasteiger partial charge in [0.05, 0.1) is 6.54 Å². The summed E-state index contributed by atoms with van der Waals surface area (Å²) in [6.07, 6.45) is 0.0773. The lowest BCUT2D eigenvalue weighted by atomic mass is 9.93. The number of aliphatic hydroxyl groups is 1. The van der Waals surface area contributed by atoms with Gasteiger partial charge in [-0.15, -0.1) is 0 Å². The molecule has 1 aliphatic rings. The molecule has 2 aromatic carbocycles. The van der Waals surface area contributed by atoms with Gasteiger partial charge >= 0.3 is 6.09 Å². The number of hydrogen-bond acceptors (Lipinski definition) is 3. The van der Waals surface area contributed by atoms with E-state index >= 15 is 0 Å². The number of ether oxygens (including phenoxy) is 1. The largest absolute Gasteiger partial charge is 0.445 e. The molecular weight excluding hydrogens is 314 g/mol. The summed E-state index contributed by atoms with van der Waals surface area (Å²) in [5.41, 5.74) is 0.657. The first-order valence-corrected chi connectivity index (χ1v) is 7.89. The second kappa shape index (κ2) is 6.60. The van der Waals surface area contributed by atoms with Crippen LogP contribution in [0.25, 0.3) is 0 Å². The lowest BCUT2D eigenvalue weighted by molar-refractivity contribution is 0.0407. The van der Waals surface area contributed by atoms with Crippen LogP contribution < -0.4 is 0 Å². The molecule has 120 valence electrons. The van der Waals surface area contributed by atoms with E-state index in [4.69, 9.17) is 16.3 Å². The fourth-order valence-electron chi connectivity index (χ4n) is 2.76. The van der Waals surface area contributed by atoms with Gasteiger partial charge in [-0.3, -0.25) is 0 Å². The Kier molecular flexibility index (Phi) is 4.55. The van der Waals surface area contributed by atoms with Gasteiger partial charge in [-0.25, -0.2) is 4.79 Å². The highest BCUT2D eigenvalue weighted by Crippen LogP contribution is 2.32. The van der Waals surface area contributed by atoms with E-state index in [2.05, 4.69) is 0 Å². The van der Waals surface area contributed by atoms with Crippen molar-refractivity contribution in [2.75, 3.05) is 13.1 Å². The van der Waals surface area contributed by atoms with Crippen molar-refractivity contribution in [1.29, 1.82) is 0 Å². The second-order valence-electron chi connectivity index (χ2n) is 5.75. The number of likely N-dealkylation sites (tertiary alicyclic amines) is 1. The van der Waals surface area contributed by atoms with Gasteiger partial charge in [0.25, 0.3) is 0 Å². The maximum atomic E-state index is 12.2. The first kappa shape index (κ1) is 15.8. The molecule has 1 N–H and O–H groups in total. The third-order valence-electron chi connectivity index (χ3n) is 4.09. The molecule has 5 heteroatoms. The van der Waals surface area contributed by atoms with Crippen LogP contribution in [0.15, 0.2) is 54.6 Å². The van der Waals surface area contributed by atoms with E-state index in [1.165, 1.54) is 4.90 Å². The molecule has 0 aromatic heterocycles. The Bertz CT molecular complexity index is 674. The van der Waals surface area contributed by atoms with Crippen LogP contribution in [0.3, 0.4) is 0 Å². The van der Waals surface area contributed by atoms with E-state index in [1.54, 1.807) is 24.3 Å². The van der Waals surface area contributed by atoms with Gasteiger partial charge in [0.15, 0.2) is 0 Å². The summed E-state index contributed by atoms with van der Waals surface area (Å²) in [6.45, 7) is 0.921. The number of carbonyl (C=O) groups excluding carboxylic acids is 1. The Labute approximate surface area is 140 Å². The van der Waals surface area contributed by atoms with Crippen molar-refractivity contribution in [3.63, 3.8) is 0 Å². The molecule has 1 aliphatic heterocycles. The molecule has 0 spiro atoms. The molecule has 1 fully saturated rings. The number of benzene rings is 2. The zero-order valence-corrected chi connectivity index (χ0v) is 13.4. The SMILES string of the molecule is O=C(OCc1ccccc1)N1CCC(O)(c2ccc(Cl)cc2)C1. The quantitative estimate of drug-likeness (QED) is 0.935. The minimum absolute atomic E-state index is 0.224. The molecule has 1 amide bonds. The second-order valence-corrected chi connectivity index (χ2v) is 6.19. The van der Waals surface area contributed by atoms with Gasteiger partial charge in [-0.2, -0.15) is 0 Å². The predicted octanol–water partition coefficient (Wildman–Crippen LogP) is 3.57. The molecule has 1 atom stereocenters. The topological polar surface area (TPSA) is 49.8 Å². The molecule has 0 aliphatic carbocycles. The van der Waals surface area contributed by atoms with E-state index in [0.29, 0.717) is 18.0 Å². The van der Waals surface area contributed by atoms with Crippen molar-refractivity contribution in [3.05, 3.63) is 70.7 Å². The molecule has 1 heterocycles. The Morgan fingerprint density at radius 2 is 1.87 bits per heavy atom. The summed E-state index contributed by atoms with van der Waals surface area (Å²) in [5.74, 6) is 0. The molecular formula is C18H18ClNO3. The molecule has 0 radical (unpaired) electrons. The van der Waals surface area contributed by atoms with Gasteiger partial charge in [0, 0.05) is 11.6 Å². The summed E-state index contributed by atoms with van der Waals surface area (Å²) >= 11 is 5.88. The van der Waals surface area contributed by atoms with Crippen molar-refractivity contribution < 1.29 is 14.6 Å². The molecule has 1 unspecified atom stereocenters. The van der Waals surface area contributed by atoms with E-state index in [1.807, 2.05) is 30.3 Å². The fraction of sp³-hybridized carbons (Fsp3) is 0.278. The monoisotopic (exact) mass is 331 g/mol. The predicted molar refractivity (Wildman–Crippen MR) is 88.2 cm³/mol. The highest BCUT2D eigenvalue weighted by molar-refractivity contribution is 6.30. The summed E-state index contributed by atoms with van der Waals surface area (Å²) in [4.78, 5) is 13.7. The standard InChI is InChI=1S/C18H18ClNO3/c19-16-8-6-15(7-9-16)18(22)10-11-20(13-18)17(21)23-12-14-4-2-1-3-5-14/h1-9,22H,10-13H2. The normalized spacial score (nSPS) is 20.5. The Morgan fingerprint density at radius 1 is 1.17 bits per heavy atom. The minimum atomic E-state index is -1.05. The summed E-state index contributed by atoms with van der Waals surface area (Å²) in [5, 5.41) is 11.4. The number of carbonyl (C=O) groups is 1.